The lowest BCUT2D eigenvalue weighted by Gasteiger charge is -2.59. The fourth-order valence-corrected chi connectivity index (χ4v) is 12.7. The molecule has 3 heterocycles. The standard InChI is InChI=1S/C50H70N2O14/c1-27(2)8-15-37(53)29(4)50(59)40(23-36-34-14-11-31-22-33(63-47(58)52-21-20-51-26-52)16-18-48(31,5)35(34)17-19-49(36,50)6)64-45-28(3)42(39(55)25-61-45)66-46-43(41(56)38(54)24-62-46)65-44(57)30-9-12-32(60-7)13-10-30/h9-13,20-21,26-29,33-36,38-43,45-46,54-56,59H,8,14-19,22-25H2,1-7H3/t28?,29-,33+,34-,35?,36+,38?,39?,40+,41?,42?,43?,45?,46?,48+,49+,50-/m1/s1. The number of ketones is 1. The van der Waals surface area contributed by atoms with Crippen LogP contribution in [0.1, 0.15) is 110 Å². The number of aliphatic hydroxyl groups is 4. The minimum absolute atomic E-state index is 0.000695. The van der Waals surface area contributed by atoms with Gasteiger partial charge in [0.05, 0.1) is 38.1 Å². The highest BCUT2D eigenvalue weighted by Crippen LogP contribution is 2.69. The summed E-state index contributed by atoms with van der Waals surface area (Å²) in [6.07, 6.45) is 2.60. The molecule has 0 bridgehead atoms. The van der Waals surface area contributed by atoms with E-state index in [1.165, 1.54) is 35.7 Å². The van der Waals surface area contributed by atoms with Crippen molar-refractivity contribution < 1.29 is 68.0 Å². The van der Waals surface area contributed by atoms with Gasteiger partial charge in [0, 0.05) is 42.5 Å². The minimum atomic E-state index is -1.57. The summed E-state index contributed by atoms with van der Waals surface area (Å²) in [4.78, 5) is 44.3. The first kappa shape index (κ1) is 48.7. The molecule has 16 nitrogen and oxygen atoms in total. The maximum atomic E-state index is 14.2. The van der Waals surface area contributed by atoms with Gasteiger partial charge in [0.25, 0.3) is 0 Å². The Morgan fingerprint density at radius 2 is 1.65 bits per heavy atom. The van der Waals surface area contributed by atoms with E-state index in [-0.39, 0.29) is 47.9 Å². The number of fused-ring (bicyclic) bond motifs is 5. The summed E-state index contributed by atoms with van der Waals surface area (Å²) in [7, 11) is 1.50. The topological polar surface area (TPSA) is 215 Å². The number of hydrogen-bond acceptors (Lipinski definition) is 15. The van der Waals surface area contributed by atoms with E-state index in [9.17, 15) is 34.8 Å². The first-order chi connectivity index (χ1) is 31.4. The van der Waals surface area contributed by atoms with E-state index in [4.69, 9.17) is 33.2 Å². The third-order valence-electron chi connectivity index (χ3n) is 16.8. The van der Waals surface area contributed by atoms with Crippen LogP contribution < -0.4 is 4.74 Å². The number of aromatic nitrogens is 2. The third kappa shape index (κ3) is 8.89. The van der Waals surface area contributed by atoms with E-state index in [0.717, 1.165) is 25.7 Å². The number of Topliss-reactive ketones (excluding diaryl/α,β-unsaturated/α-hetero) is 1. The number of rotatable bonds is 13. The lowest BCUT2D eigenvalue weighted by molar-refractivity contribution is -0.333. The van der Waals surface area contributed by atoms with Crippen LogP contribution in [0.2, 0.25) is 0 Å². The Bertz CT molecular complexity index is 2060. The lowest BCUT2D eigenvalue weighted by atomic mass is 9.46. The summed E-state index contributed by atoms with van der Waals surface area (Å²) in [5, 5.41) is 46.5. The quantitative estimate of drug-likeness (QED) is 0.142. The second kappa shape index (κ2) is 19.3. The summed E-state index contributed by atoms with van der Waals surface area (Å²) in [5.41, 5.74) is -0.885. The second-order valence-corrected chi connectivity index (χ2v) is 20.8. The summed E-state index contributed by atoms with van der Waals surface area (Å²) >= 11 is 0. The van der Waals surface area contributed by atoms with Crippen molar-refractivity contribution in [2.75, 3.05) is 20.3 Å². The van der Waals surface area contributed by atoms with Gasteiger partial charge in [-0.3, -0.25) is 4.79 Å². The molecule has 364 valence electrons. The number of imidazole rings is 1. The first-order valence-electron chi connectivity index (χ1n) is 24.0. The van der Waals surface area contributed by atoms with Gasteiger partial charge in [-0.2, -0.15) is 0 Å². The Morgan fingerprint density at radius 3 is 2.35 bits per heavy atom. The smallest absolute Gasteiger partial charge is 0.419 e. The van der Waals surface area contributed by atoms with Crippen LogP contribution in [0, 0.1) is 46.3 Å². The first-order valence-corrected chi connectivity index (χ1v) is 24.0. The molecule has 16 heteroatoms. The summed E-state index contributed by atoms with van der Waals surface area (Å²) < 4.78 is 43.6. The molecule has 8 rings (SSSR count). The van der Waals surface area contributed by atoms with E-state index in [2.05, 4.69) is 38.8 Å². The van der Waals surface area contributed by atoms with Gasteiger partial charge in [-0.1, -0.05) is 53.2 Å². The molecule has 3 saturated carbocycles. The number of hydrogen-bond donors (Lipinski definition) is 4. The average Bonchev–Trinajstić information content (AvgIpc) is 3.93. The van der Waals surface area contributed by atoms with Gasteiger partial charge in [0.15, 0.2) is 18.7 Å². The average molecular weight is 923 g/mol. The molecule has 17 atom stereocenters. The van der Waals surface area contributed by atoms with Crippen molar-refractivity contribution in [1.82, 2.24) is 9.55 Å². The molecule has 4 N–H and O–H groups in total. The molecule has 0 amide bonds. The highest BCUT2D eigenvalue weighted by Gasteiger charge is 2.70. The Morgan fingerprint density at radius 1 is 0.924 bits per heavy atom. The van der Waals surface area contributed by atoms with Crippen LogP contribution in [0.5, 0.6) is 5.75 Å². The van der Waals surface area contributed by atoms with Crippen LogP contribution >= 0.6 is 0 Å². The number of carbonyl (C=O) groups is 3. The molecule has 0 spiro atoms. The predicted molar refractivity (Wildman–Crippen MR) is 237 cm³/mol. The van der Waals surface area contributed by atoms with Gasteiger partial charge >= 0.3 is 12.1 Å². The Balaban J connectivity index is 1.02. The molecule has 9 unspecified atom stereocenters. The van der Waals surface area contributed by atoms with Crippen molar-refractivity contribution in [3.05, 3.63) is 60.2 Å². The van der Waals surface area contributed by atoms with Gasteiger partial charge in [0.1, 0.15) is 47.9 Å². The SMILES string of the molecule is COc1ccc(C(=O)OC2C(OC3C(O)COC(O[C@H]4C[C@H]5[C@@H]6CC=C7C[C@@H](OC(=O)n8ccnc8)CC[C@]7(C)C6CC[C@]5(C)[C@@]4(O)[C@H](C)C(=O)CCC(C)C)C3C)OCC(O)C2O)cc1. The minimum Gasteiger partial charge on any atom is -0.497 e. The van der Waals surface area contributed by atoms with Crippen LogP contribution in [-0.2, 0) is 33.2 Å². The number of ether oxygens (including phenoxy) is 7. The van der Waals surface area contributed by atoms with Gasteiger partial charge in [-0.05, 0) is 98.3 Å². The number of methoxy groups -OCH3 is 1. The molecule has 66 heavy (non-hydrogen) atoms. The molecule has 2 aliphatic heterocycles. The molecule has 1 aromatic heterocycles. The normalized spacial score (nSPS) is 40.3. The Kier molecular flexibility index (Phi) is 14.3. The number of allylic oxidation sites excluding steroid dienone is 1. The zero-order valence-corrected chi connectivity index (χ0v) is 39.3. The van der Waals surface area contributed by atoms with Crippen LogP contribution in [0.25, 0.3) is 0 Å². The van der Waals surface area contributed by atoms with Crippen molar-refractivity contribution in [2.24, 2.45) is 46.3 Å². The lowest BCUT2D eigenvalue weighted by Crippen LogP contribution is -2.62. The third-order valence-corrected chi connectivity index (χ3v) is 16.8. The number of esters is 1. The van der Waals surface area contributed by atoms with E-state index in [0.29, 0.717) is 49.7 Å². The second-order valence-electron chi connectivity index (χ2n) is 20.8. The van der Waals surface area contributed by atoms with Crippen LogP contribution in [-0.4, -0.2) is 129 Å². The maximum absolute atomic E-state index is 14.2. The largest absolute Gasteiger partial charge is 0.497 e. The van der Waals surface area contributed by atoms with Crippen molar-refractivity contribution in [1.29, 1.82) is 0 Å². The van der Waals surface area contributed by atoms with Crippen molar-refractivity contribution in [2.45, 2.75) is 160 Å². The van der Waals surface area contributed by atoms with Crippen LogP contribution in [0.4, 0.5) is 4.79 Å². The summed E-state index contributed by atoms with van der Waals surface area (Å²) in [5.74, 6) is -0.884. The van der Waals surface area contributed by atoms with Gasteiger partial charge in [-0.25, -0.2) is 19.1 Å². The number of aliphatic hydroxyl groups excluding tert-OH is 3. The molecule has 5 fully saturated rings. The van der Waals surface area contributed by atoms with Crippen LogP contribution in [0.3, 0.4) is 0 Å². The number of nitrogens with zero attached hydrogens (tertiary/aromatic N) is 2. The molecular formula is C50H70N2O14. The number of benzene rings is 1. The van der Waals surface area contributed by atoms with Gasteiger partial charge in [-0.15, -0.1) is 0 Å². The van der Waals surface area contributed by atoms with E-state index in [1.54, 1.807) is 31.5 Å². The monoisotopic (exact) mass is 922 g/mol. The van der Waals surface area contributed by atoms with Gasteiger partial charge < -0.3 is 53.6 Å². The Labute approximate surface area is 387 Å². The van der Waals surface area contributed by atoms with E-state index in [1.807, 2.05) is 6.92 Å². The Hall–Kier alpha value is -3.74. The molecule has 2 aromatic rings. The van der Waals surface area contributed by atoms with Crippen LogP contribution in [0.15, 0.2) is 54.6 Å². The highest BCUT2D eigenvalue weighted by molar-refractivity contribution is 5.89. The molecule has 2 saturated heterocycles. The zero-order valence-electron chi connectivity index (χ0n) is 39.3. The molecule has 1 aromatic carbocycles. The predicted octanol–water partition coefficient (Wildman–Crippen LogP) is 5.62. The van der Waals surface area contributed by atoms with Crippen molar-refractivity contribution >= 4 is 17.8 Å². The molecule has 4 aliphatic carbocycles. The number of carbonyl (C=O) groups excluding carboxylic acids is 3. The highest BCUT2D eigenvalue weighted by atomic mass is 16.7. The fraction of sp³-hybridized carbons (Fsp3) is 0.720. The van der Waals surface area contributed by atoms with E-state index >= 15 is 0 Å². The zero-order chi connectivity index (χ0) is 47.3. The van der Waals surface area contributed by atoms with Gasteiger partial charge in [0.2, 0.25) is 0 Å². The summed E-state index contributed by atoms with van der Waals surface area (Å²) in [6.45, 7) is 11.8. The molecule has 0 radical (unpaired) electrons. The fourth-order valence-electron chi connectivity index (χ4n) is 12.7. The van der Waals surface area contributed by atoms with Crippen molar-refractivity contribution in [3.63, 3.8) is 0 Å². The van der Waals surface area contributed by atoms with Crippen molar-refractivity contribution in [3.8, 4) is 5.75 Å². The molecule has 6 aliphatic rings. The summed E-state index contributed by atoms with van der Waals surface area (Å²) in [6, 6.07) is 6.20. The van der Waals surface area contributed by atoms with E-state index < -0.39 is 84.1 Å². The molecular weight excluding hydrogens is 853 g/mol. The maximum Gasteiger partial charge on any atom is 0.419 e.